The fraction of sp³-hybridized carbons (Fsp3) is 0.444. The Balaban J connectivity index is 1.81. The molecule has 2 heterocycles. The molecule has 1 atom stereocenters. The number of primary amides is 1. The van der Waals surface area contributed by atoms with Crippen LogP contribution >= 0.6 is 0 Å². The van der Waals surface area contributed by atoms with E-state index in [1.807, 2.05) is 6.92 Å². The van der Waals surface area contributed by atoms with Gasteiger partial charge >= 0.3 is 0 Å². The van der Waals surface area contributed by atoms with Crippen LogP contribution in [0.25, 0.3) is 0 Å². The van der Waals surface area contributed by atoms with Gasteiger partial charge in [-0.05, 0) is 24.6 Å². The van der Waals surface area contributed by atoms with E-state index >= 15 is 0 Å². The zero-order valence-electron chi connectivity index (χ0n) is 14.6. The minimum atomic E-state index is -0.838. The zero-order chi connectivity index (χ0) is 18.8. The number of benzene rings is 1. The molecule has 2 aliphatic rings. The molecule has 0 radical (unpaired) electrons. The summed E-state index contributed by atoms with van der Waals surface area (Å²) in [5, 5.41) is 0. The molecule has 8 heteroatoms. The van der Waals surface area contributed by atoms with E-state index in [9.17, 15) is 19.2 Å². The fourth-order valence-electron chi connectivity index (χ4n) is 3.13. The molecule has 0 saturated carbocycles. The molecular formula is C18H21N3O5. The van der Waals surface area contributed by atoms with Crippen LogP contribution in [-0.2, 0) is 9.53 Å². The molecule has 0 bridgehead atoms. The first-order valence-corrected chi connectivity index (χ1v) is 8.64. The van der Waals surface area contributed by atoms with Gasteiger partial charge in [-0.15, -0.1) is 0 Å². The average Bonchev–Trinajstić information content (AvgIpc) is 2.89. The molecule has 1 fully saturated rings. The summed E-state index contributed by atoms with van der Waals surface area (Å²) < 4.78 is 5.24. The summed E-state index contributed by atoms with van der Waals surface area (Å²) in [6, 6.07) is 4.50. The molecular weight excluding hydrogens is 338 g/mol. The SMILES string of the molecule is CCCCN1C(=O)c2ccc(C(=O)N3CCOC(C(N)=O)C3)cc2C1=O. The third-order valence-corrected chi connectivity index (χ3v) is 4.62. The Morgan fingerprint density at radius 1 is 1.23 bits per heavy atom. The van der Waals surface area contributed by atoms with Gasteiger partial charge in [0.2, 0.25) is 5.91 Å². The monoisotopic (exact) mass is 359 g/mol. The molecule has 1 aromatic carbocycles. The van der Waals surface area contributed by atoms with E-state index in [-0.39, 0.29) is 36.4 Å². The number of ether oxygens (including phenoxy) is 1. The maximum absolute atomic E-state index is 12.7. The predicted octanol–water partition coefficient (Wildman–Crippen LogP) is 0.409. The van der Waals surface area contributed by atoms with Crippen LogP contribution in [0.3, 0.4) is 0 Å². The number of hydrogen-bond acceptors (Lipinski definition) is 5. The molecule has 2 N–H and O–H groups in total. The highest BCUT2D eigenvalue weighted by Gasteiger charge is 2.36. The second-order valence-electron chi connectivity index (χ2n) is 6.39. The van der Waals surface area contributed by atoms with Crippen molar-refractivity contribution in [3.8, 4) is 0 Å². The van der Waals surface area contributed by atoms with Crippen LogP contribution in [0, 0.1) is 0 Å². The number of carbonyl (C=O) groups excluding carboxylic acids is 4. The Bertz CT molecular complexity index is 776. The minimum Gasteiger partial charge on any atom is -0.367 e. The van der Waals surface area contributed by atoms with Crippen molar-refractivity contribution in [1.29, 1.82) is 0 Å². The summed E-state index contributed by atoms with van der Waals surface area (Å²) in [6.45, 7) is 2.97. The molecule has 4 amide bonds. The van der Waals surface area contributed by atoms with E-state index in [0.717, 1.165) is 12.8 Å². The molecule has 1 unspecified atom stereocenters. The fourth-order valence-corrected chi connectivity index (χ4v) is 3.13. The first kappa shape index (κ1) is 18.1. The summed E-state index contributed by atoms with van der Waals surface area (Å²) in [5.41, 5.74) is 6.11. The number of amides is 4. The molecule has 8 nitrogen and oxygen atoms in total. The lowest BCUT2D eigenvalue weighted by atomic mass is 10.0. The topological polar surface area (TPSA) is 110 Å². The maximum atomic E-state index is 12.7. The van der Waals surface area contributed by atoms with E-state index in [1.165, 1.54) is 28.0 Å². The molecule has 26 heavy (non-hydrogen) atoms. The molecule has 3 rings (SSSR count). The van der Waals surface area contributed by atoms with Gasteiger partial charge in [0.25, 0.3) is 17.7 Å². The molecule has 138 valence electrons. The number of morpholine rings is 1. The Morgan fingerprint density at radius 2 is 1.96 bits per heavy atom. The third-order valence-electron chi connectivity index (χ3n) is 4.62. The van der Waals surface area contributed by atoms with Gasteiger partial charge in [0.05, 0.1) is 24.3 Å². The molecule has 0 aromatic heterocycles. The van der Waals surface area contributed by atoms with Gasteiger partial charge in [0.1, 0.15) is 0 Å². The summed E-state index contributed by atoms with van der Waals surface area (Å²) in [5.74, 6) is -1.64. The van der Waals surface area contributed by atoms with Gasteiger partial charge in [0.15, 0.2) is 6.10 Å². The molecule has 0 aliphatic carbocycles. The van der Waals surface area contributed by atoms with E-state index in [1.54, 1.807) is 0 Å². The van der Waals surface area contributed by atoms with Gasteiger partial charge in [0, 0.05) is 18.7 Å². The van der Waals surface area contributed by atoms with Gasteiger partial charge < -0.3 is 15.4 Å². The van der Waals surface area contributed by atoms with Crippen LogP contribution in [0.15, 0.2) is 18.2 Å². The van der Waals surface area contributed by atoms with Crippen molar-refractivity contribution in [2.24, 2.45) is 5.73 Å². The van der Waals surface area contributed by atoms with Gasteiger partial charge in [-0.3, -0.25) is 24.1 Å². The Hall–Kier alpha value is -2.74. The van der Waals surface area contributed by atoms with Crippen LogP contribution in [0.1, 0.15) is 50.8 Å². The Labute approximate surface area is 150 Å². The second kappa shape index (κ2) is 7.25. The van der Waals surface area contributed by atoms with E-state index in [0.29, 0.717) is 24.2 Å². The lowest BCUT2D eigenvalue weighted by Crippen LogP contribution is -2.50. The summed E-state index contributed by atoms with van der Waals surface area (Å²) in [7, 11) is 0. The first-order chi connectivity index (χ1) is 12.4. The lowest BCUT2D eigenvalue weighted by Gasteiger charge is -2.31. The van der Waals surface area contributed by atoms with Crippen LogP contribution in [-0.4, -0.2) is 65.8 Å². The zero-order valence-corrected chi connectivity index (χ0v) is 14.6. The van der Waals surface area contributed by atoms with Crippen molar-refractivity contribution >= 4 is 23.6 Å². The van der Waals surface area contributed by atoms with E-state index in [4.69, 9.17) is 10.5 Å². The largest absolute Gasteiger partial charge is 0.367 e. The number of carbonyl (C=O) groups is 4. The van der Waals surface area contributed by atoms with E-state index in [2.05, 4.69) is 0 Å². The number of hydrogen-bond donors (Lipinski definition) is 1. The normalized spacial score (nSPS) is 19.7. The Morgan fingerprint density at radius 3 is 2.65 bits per heavy atom. The highest BCUT2D eigenvalue weighted by molar-refractivity contribution is 6.22. The van der Waals surface area contributed by atoms with Crippen molar-refractivity contribution in [2.45, 2.75) is 25.9 Å². The molecule has 1 saturated heterocycles. The molecule has 1 aromatic rings. The van der Waals surface area contributed by atoms with E-state index < -0.39 is 12.0 Å². The smallest absolute Gasteiger partial charge is 0.261 e. The first-order valence-electron chi connectivity index (χ1n) is 8.64. The van der Waals surface area contributed by atoms with Crippen molar-refractivity contribution < 1.29 is 23.9 Å². The van der Waals surface area contributed by atoms with Crippen molar-refractivity contribution in [3.05, 3.63) is 34.9 Å². The number of imide groups is 1. The molecule has 2 aliphatic heterocycles. The highest BCUT2D eigenvalue weighted by Crippen LogP contribution is 2.25. The van der Waals surface area contributed by atoms with Gasteiger partial charge in [-0.25, -0.2) is 0 Å². The minimum absolute atomic E-state index is 0.0702. The number of nitrogens with two attached hydrogens (primary N) is 1. The number of rotatable bonds is 5. The van der Waals surface area contributed by atoms with Gasteiger partial charge in [-0.1, -0.05) is 13.3 Å². The highest BCUT2D eigenvalue weighted by atomic mass is 16.5. The van der Waals surface area contributed by atoms with Crippen molar-refractivity contribution in [1.82, 2.24) is 9.80 Å². The van der Waals surface area contributed by atoms with Crippen LogP contribution in [0.5, 0.6) is 0 Å². The summed E-state index contributed by atoms with van der Waals surface area (Å²) in [4.78, 5) is 51.6. The van der Waals surface area contributed by atoms with Crippen LogP contribution in [0.4, 0.5) is 0 Å². The lowest BCUT2D eigenvalue weighted by molar-refractivity contribution is -0.133. The summed E-state index contributed by atoms with van der Waals surface area (Å²) >= 11 is 0. The Kier molecular flexibility index (Phi) is 5.03. The van der Waals surface area contributed by atoms with Crippen molar-refractivity contribution in [3.63, 3.8) is 0 Å². The second-order valence-corrected chi connectivity index (χ2v) is 6.39. The quantitative estimate of drug-likeness (QED) is 0.766. The number of unbranched alkanes of at least 4 members (excludes halogenated alkanes) is 1. The van der Waals surface area contributed by atoms with Gasteiger partial charge in [-0.2, -0.15) is 0 Å². The molecule has 0 spiro atoms. The number of nitrogens with zero attached hydrogens (tertiary/aromatic N) is 2. The van der Waals surface area contributed by atoms with Crippen molar-refractivity contribution in [2.75, 3.05) is 26.2 Å². The maximum Gasteiger partial charge on any atom is 0.261 e. The third kappa shape index (κ3) is 3.20. The average molecular weight is 359 g/mol. The summed E-state index contributed by atoms with van der Waals surface area (Å²) in [6.07, 6.45) is 0.768. The number of fused-ring (bicyclic) bond motifs is 1. The predicted molar refractivity (Wildman–Crippen MR) is 91.6 cm³/mol. The van der Waals surface area contributed by atoms with Crippen LogP contribution in [0.2, 0.25) is 0 Å². The van der Waals surface area contributed by atoms with Crippen LogP contribution < -0.4 is 5.73 Å². The standard InChI is InChI=1S/C18H21N3O5/c1-2-3-6-21-17(24)12-5-4-11(9-13(12)18(21)25)16(23)20-7-8-26-14(10-20)15(19)22/h4-5,9,14H,2-3,6-8,10H2,1H3,(H2,19,22).